The molecule has 2 unspecified atom stereocenters. The first-order chi connectivity index (χ1) is 9.22. The number of hydrogen-bond donors (Lipinski definition) is 0. The van der Waals surface area contributed by atoms with Gasteiger partial charge in [0.25, 0.3) is 0 Å². The maximum absolute atomic E-state index is 5.90. The van der Waals surface area contributed by atoms with E-state index < -0.39 is 0 Å². The van der Waals surface area contributed by atoms with Crippen LogP contribution >= 0.6 is 15.9 Å². The van der Waals surface area contributed by atoms with E-state index in [1.165, 1.54) is 12.8 Å². The number of allylic oxidation sites excluding steroid dienone is 2. The maximum Gasteiger partial charge on any atom is 0.217 e. The first-order valence-corrected chi connectivity index (χ1v) is 7.84. The van der Waals surface area contributed by atoms with Crippen molar-refractivity contribution in [2.45, 2.75) is 38.5 Å². The van der Waals surface area contributed by atoms with Crippen LogP contribution in [-0.4, -0.2) is 16.6 Å². The highest BCUT2D eigenvalue weighted by Gasteiger charge is 2.27. The number of nitrogens with zero attached hydrogens (tertiary/aromatic N) is 2. The fourth-order valence-corrected chi connectivity index (χ4v) is 2.82. The molecule has 0 amide bonds. The lowest BCUT2D eigenvalue weighted by atomic mass is 9.85. The average molecular weight is 323 g/mol. The van der Waals surface area contributed by atoms with E-state index in [0.717, 1.165) is 29.9 Å². The maximum atomic E-state index is 5.90. The first-order valence-electron chi connectivity index (χ1n) is 7.04. The quantitative estimate of drug-likeness (QED) is 0.618. The predicted molar refractivity (Wildman–Crippen MR) is 78.2 cm³/mol. The van der Waals surface area contributed by atoms with Crippen molar-refractivity contribution in [3.05, 3.63) is 28.6 Å². The lowest BCUT2D eigenvalue weighted by Crippen LogP contribution is -2.21. The van der Waals surface area contributed by atoms with Gasteiger partial charge in [-0.2, -0.15) is 4.98 Å². The van der Waals surface area contributed by atoms with Gasteiger partial charge in [-0.25, -0.2) is 4.98 Å². The Kier molecular flexibility index (Phi) is 3.87. The van der Waals surface area contributed by atoms with Crippen molar-refractivity contribution in [3.8, 4) is 5.88 Å². The minimum Gasteiger partial charge on any atom is -0.477 e. The third-order valence-electron chi connectivity index (χ3n) is 3.99. The number of ether oxygens (including phenoxy) is 1. The van der Waals surface area contributed by atoms with E-state index in [4.69, 9.17) is 4.74 Å². The lowest BCUT2D eigenvalue weighted by molar-refractivity contribution is 0.192. The summed E-state index contributed by atoms with van der Waals surface area (Å²) in [4.78, 5) is 8.94. The van der Waals surface area contributed by atoms with Crippen molar-refractivity contribution in [3.63, 3.8) is 0 Å². The van der Waals surface area contributed by atoms with Gasteiger partial charge in [0.2, 0.25) is 5.88 Å². The van der Waals surface area contributed by atoms with E-state index >= 15 is 0 Å². The molecular formula is C15H19BrN2O. The molecule has 0 N–H and O–H groups in total. The monoisotopic (exact) mass is 322 g/mol. The number of rotatable bonds is 4. The summed E-state index contributed by atoms with van der Waals surface area (Å²) < 4.78 is 6.73. The molecule has 0 spiro atoms. The van der Waals surface area contributed by atoms with Crippen molar-refractivity contribution in [1.82, 2.24) is 9.97 Å². The van der Waals surface area contributed by atoms with Gasteiger partial charge in [0.1, 0.15) is 10.4 Å². The van der Waals surface area contributed by atoms with Crippen molar-refractivity contribution in [1.29, 1.82) is 0 Å². The van der Waals surface area contributed by atoms with Gasteiger partial charge < -0.3 is 4.74 Å². The van der Waals surface area contributed by atoms with Crippen LogP contribution in [0.15, 0.2) is 22.8 Å². The van der Waals surface area contributed by atoms with Gasteiger partial charge in [-0.15, -0.1) is 0 Å². The largest absolute Gasteiger partial charge is 0.477 e. The van der Waals surface area contributed by atoms with Gasteiger partial charge in [0.05, 0.1) is 6.61 Å². The number of hydrogen-bond acceptors (Lipinski definition) is 3. The Morgan fingerprint density at radius 2 is 2.05 bits per heavy atom. The SMILES string of the molecule is CC1CC=CCC1COc1cc(Br)nc(C2CC2)n1. The second-order valence-electron chi connectivity index (χ2n) is 5.65. The van der Waals surface area contributed by atoms with Crippen LogP contribution < -0.4 is 4.74 Å². The molecule has 1 aromatic rings. The summed E-state index contributed by atoms with van der Waals surface area (Å²) >= 11 is 3.44. The summed E-state index contributed by atoms with van der Waals surface area (Å²) in [6, 6.07) is 1.87. The number of aromatic nitrogens is 2. The molecule has 1 aromatic heterocycles. The summed E-state index contributed by atoms with van der Waals surface area (Å²) in [6.07, 6.45) is 9.23. The molecule has 1 saturated carbocycles. The van der Waals surface area contributed by atoms with Crippen LogP contribution in [0.5, 0.6) is 5.88 Å². The third-order valence-corrected chi connectivity index (χ3v) is 4.40. The summed E-state index contributed by atoms with van der Waals surface area (Å²) in [6.45, 7) is 3.04. The first kappa shape index (κ1) is 13.1. The zero-order valence-corrected chi connectivity index (χ0v) is 12.8. The average Bonchev–Trinajstić information content (AvgIpc) is 3.21. The molecule has 4 heteroatoms. The number of halogens is 1. The molecule has 0 radical (unpaired) electrons. The summed E-state index contributed by atoms with van der Waals surface area (Å²) in [5, 5.41) is 0. The van der Waals surface area contributed by atoms with Crippen molar-refractivity contribution in [2.24, 2.45) is 11.8 Å². The van der Waals surface area contributed by atoms with Crippen molar-refractivity contribution >= 4 is 15.9 Å². The molecular weight excluding hydrogens is 304 g/mol. The van der Waals surface area contributed by atoms with Gasteiger partial charge in [0, 0.05) is 12.0 Å². The van der Waals surface area contributed by atoms with Crippen LogP contribution in [0.25, 0.3) is 0 Å². The Labute approximate surface area is 122 Å². The molecule has 0 bridgehead atoms. The molecule has 2 aliphatic rings. The zero-order chi connectivity index (χ0) is 13.2. The van der Waals surface area contributed by atoms with E-state index in [2.05, 4.69) is 45.0 Å². The van der Waals surface area contributed by atoms with E-state index in [-0.39, 0.29) is 0 Å². The molecule has 0 saturated heterocycles. The van der Waals surface area contributed by atoms with Crippen LogP contribution in [0.4, 0.5) is 0 Å². The minimum absolute atomic E-state index is 0.552. The second kappa shape index (κ2) is 5.61. The Morgan fingerprint density at radius 1 is 1.26 bits per heavy atom. The molecule has 0 aromatic carbocycles. The third kappa shape index (κ3) is 3.35. The second-order valence-corrected chi connectivity index (χ2v) is 6.47. The normalized spacial score (nSPS) is 26.4. The van der Waals surface area contributed by atoms with E-state index in [1.807, 2.05) is 6.07 Å². The van der Waals surface area contributed by atoms with Crippen LogP contribution in [0, 0.1) is 11.8 Å². The Bertz CT molecular complexity index is 485. The zero-order valence-electron chi connectivity index (χ0n) is 11.2. The van der Waals surface area contributed by atoms with E-state index in [9.17, 15) is 0 Å². The summed E-state index contributed by atoms with van der Waals surface area (Å²) in [5.41, 5.74) is 0. The molecule has 3 rings (SSSR count). The van der Waals surface area contributed by atoms with Gasteiger partial charge in [0.15, 0.2) is 0 Å². The van der Waals surface area contributed by atoms with Crippen LogP contribution in [0.2, 0.25) is 0 Å². The van der Waals surface area contributed by atoms with Gasteiger partial charge in [-0.1, -0.05) is 19.1 Å². The van der Waals surface area contributed by atoms with Crippen LogP contribution in [0.3, 0.4) is 0 Å². The smallest absolute Gasteiger partial charge is 0.217 e. The minimum atomic E-state index is 0.552. The van der Waals surface area contributed by atoms with Gasteiger partial charge >= 0.3 is 0 Å². The fourth-order valence-electron chi connectivity index (χ4n) is 2.44. The fraction of sp³-hybridized carbons (Fsp3) is 0.600. The molecule has 2 atom stereocenters. The van der Waals surface area contributed by atoms with E-state index in [1.54, 1.807) is 0 Å². The van der Waals surface area contributed by atoms with Crippen molar-refractivity contribution < 1.29 is 4.74 Å². The molecule has 2 aliphatic carbocycles. The standard InChI is InChI=1S/C15H19BrN2O/c1-10-4-2-3-5-12(10)9-19-14-8-13(16)17-15(18-14)11-6-7-11/h2-3,8,10-12H,4-7,9H2,1H3. The highest BCUT2D eigenvalue weighted by atomic mass is 79.9. The van der Waals surface area contributed by atoms with Crippen LogP contribution in [0.1, 0.15) is 44.3 Å². The van der Waals surface area contributed by atoms with Crippen molar-refractivity contribution in [2.75, 3.05) is 6.61 Å². The molecule has 0 aliphatic heterocycles. The summed E-state index contributed by atoms with van der Waals surface area (Å²) in [7, 11) is 0. The Balaban J connectivity index is 1.64. The molecule has 1 heterocycles. The molecule has 1 fully saturated rings. The Hall–Kier alpha value is -0.900. The highest BCUT2D eigenvalue weighted by Crippen LogP contribution is 2.39. The summed E-state index contributed by atoms with van der Waals surface area (Å²) in [5.74, 6) is 3.49. The Morgan fingerprint density at radius 3 is 2.79 bits per heavy atom. The van der Waals surface area contributed by atoms with Gasteiger partial charge in [-0.05, 0) is 53.4 Å². The van der Waals surface area contributed by atoms with E-state index in [0.29, 0.717) is 23.6 Å². The molecule has 3 nitrogen and oxygen atoms in total. The predicted octanol–water partition coefficient (Wildman–Crippen LogP) is 4.10. The van der Waals surface area contributed by atoms with Gasteiger partial charge in [-0.3, -0.25) is 0 Å². The topological polar surface area (TPSA) is 35.0 Å². The highest BCUT2D eigenvalue weighted by molar-refractivity contribution is 9.10. The molecule has 102 valence electrons. The van der Waals surface area contributed by atoms with Crippen LogP contribution in [-0.2, 0) is 0 Å². The lowest BCUT2D eigenvalue weighted by Gasteiger charge is -2.24. The molecule has 19 heavy (non-hydrogen) atoms.